The van der Waals surface area contributed by atoms with Crippen LogP contribution >= 0.6 is 0 Å². The quantitative estimate of drug-likeness (QED) is 0.319. The van der Waals surface area contributed by atoms with Gasteiger partial charge in [0.15, 0.2) is 11.4 Å². The molecule has 28 heavy (non-hydrogen) atoms. The van der Waals surface area contributed by atoms with Gasteiger partial charge in [-0.3, -0.25) is 4.79 Å². The van der Waals surface area contributed by atoms with Crippen molar-refractivity contribution in [3.8, 4) is 0 Å². The highest BCUT2D eigenvalue weighted by atomic mass is 16.7. The number of esters is 1. The maximum absolute atomic E-state index is 13.1. The van der Waals surface area contributed by atoms with Gasteiger partial charge in [-0.1, -0.05) is 12.2 Å². The van der Waals surface area contributed by atoms with E-state index in [0.717, 1.165) is 25.8 Å². The molecule has 4 rings (SSSR count). The van der Waals surface area contributed by atoms with Crippen molar-refractivity contribution in [3.05, 3.63) is 12.2 Å². The van der Waals surface area contributed by atoms with Crippen LogP contribution in [0.1, 0.15) is 45.4 Å². The second kappa shape index (κ2) is 7.95. The van der Waals surface area contributed by atoms with Crippen LogP contribution in [0.3, 0.4) is 0 Å². The van der Waals surface area contributed by atoms with E-state index in [0.29, 0.717) is 31.8 Å². The molecular weight excluding hydrogens is 360 g/mol. The Morgan fingerprint density at radius 3 is 2.93 bits per heavy atom. The molecule has 2 bridgehead atoms. The van der Waals surface area contributed by atoms with Crippen molar-refractivity contribution < 1.29 is 23.8 Å². The summed E-state index contributed by atoms with van der Waals surface area (Å²) in [6.45, 7) is 3.46. The van der Waals surface area contributed by atoms with Gasteiger partial charge in [-0.15, -0.1) is 0 Å². The summed E-state index contributed by atoms with van der Waals surface area (Å²) in [4.78, 5) is 32.3. The van der Waals surface area contributed by atoms with E-state index in [1.165, 1.54) is 0 Å². The summed E-state index contributed by atoms with van der Waals surface area (Å²) < 4.78 is 16.8. The second-order valence-electron chi connectivity index (χ2n) is 8.34. The molecule has 2 aliphatic heterocycles. The predicted octanol–water partition coefficient (Wildman–Crippen LogP) is 2.30. The van der Waals surface area contributed by atoms with Gasteiger partial charge in [-0.25, -0.2) is 9.79 Å². The van der Waals surface area contributed by atoms with Crippen molar-refractivity contribution in [1.82, 2.24) is 4.90 Å². The van der Waals surface area contributed by atoms with Gasteiger partial charge >= 0.3 is 5.97 Å². The fraction of sp³-hybridized carbons (Fsp3) is 0.762. The van der Waals surface area contributed by atoms with Crippen molar-refractivity contribution in [2.45, 2.75) is 57.1 Å². The Morgan fingerprint density at radius 2 is 2.11 bits per heavy atom. The standard InChI is InChI=1S/C21H30N2O5/c1-3-26-13-27-15-10-16-17(11-15)19(24)23(2)9-7-5-4-6-8-14-12-21(14)20(25)28-18(16)22-21/h6,8,14-17H,3-5,7,9-13H2,1-2H3/b8-6-/t14-,15-,16-,17-,21-/m1/s1. The van der Waals surface area contributed by atoms with Gasteiger partial charge in [0, 0.05) is 32.0 Å². The van der Waals surface area contributed by atoms with E-state index in [9.17, 15) is 9.59 Å². The lowest BCUT2D eigenvalue weighted by atomic mass is 9.94. The van der Waals surface area contributed by atoms with Gasteiger partial charge in [-0.05, 0) is 45.4 Å². The minimum absolute atomic E-state index is 0.0900. The molecule has 2 heterocycles. The SMILES string of the molecule is CCOCO[C@H]1C[C@H]2C(=O)N(C)CCCC/C=C\[C@@H]3C[C@@]34N=C(OC4=O)[C@@H]2C1. The maximum atomic E-state index is 13.1. The monoisotopic (exact) mass is 390 g/mol. The molecule has 0 unspecified atom stereocenters. The topological polar surface area (TPSA) is 77.4 Å². The molecule has 2 fully saturated rings. The number of carbonyl (C=O) groups excluding carboxylic acids is 2. The number of allylic oxidation sites excluding steroid dienone is 1. The summed E-state index contributed by atoms with van der Waals surface area (Å²) in [5, 5.41) is 0. The molecule has 5 atom stereocenters. The summed E-state index contributed by atoms with van der Waals surface area (Å²) in [5.41, 5.74) is -0.736. The van der Waals surface area contributed by atoms with E-state index in [-0.39, 0.29) is 42.5 Å². The minimum Gasteiger partial charge on any atom is -0.410 e. The number of carbonyl (C=O) groups is 2. The van der Waals surface area contributed by atoms with Crippen LogP contribution in [0.25, 0.3) is 0 Å². The Bertz CT molecular complexity index is 690. The van der Waals surface area contributed by atoms with Gasteiger partial charge in [0.05, 0.1) is 12.0 Å². The minimum atomic E-state index is -0.736. The third-order valence-electron chi connectivity index (χ3n) is 6.45. The van der Waals surface area contributed by atoms with Crippen LogP contribution in [0.5, 0.6) is 0 Å². The van der Waals surface area contributed by atoms with Crippen molar-refractivity contribution >= 4 is 17.8 Å². The molecule has 2 saturated carbocycles. The first-order chi connectivity index (χ1) is 13.5. The number of hydrogen-bond acceptors (Lipinski definition) is 6. The molecule has 1 amide bonds. The number of ether oxygens (including phenoxy) is 3. The Balaban J connectivity index is 1.57. The van der Waals surface area contributed by atoms with Gasteiger partial charge in [0.25, 0.3) is 0 Å². The van der Waals surface area contributed by atoms with Crippen LogP contribution in [0, 0.1) is 17.8 Å². The third kappa shape index (κ3) is 3.62. The molecule has 0 aromatic heterocycles. The fourth-order valence-corrected chi connectivity index (χ4v) is 4.64. The molecule has 0 N–H and O–H groups in total. The molecule has 4 aliphatic rings. The second-order valence-corrected chi connectivity index (χ2v) is 8.34. The highest BCUT2D eigenvalue weighted by Gasteiger charge is 2.65. The fourth-order valence-electron chi connectivity index (χ4n) is 4.64. The average molecular weight is 390 g/mol. The van der Waals surface area contributed by atoms with Crippen LogP contribution in [-0.4, -0.2) is 61.3 Å². The molecule has 7 nitrogen and oxygen atoms in total. The predicted molar refractivity (Wildman–Crippen MR) is 103 cm³/mol. The number of aliphatic imine (C=N–C) groups is 1. The largest absolute Gasteiger partial charge is 0.410 e. The Morgan fingerprint density at radius 1 is 1.29 bits per heavy atom. The molecule has 154 valence electrons. The van der Waals surface area contributed by atoms with E-state index >= 15 is 0 Å². The summed E-state index contributed by atoms with van der Waals surface area (Å²) in [6.07, 6.45) is 9.07. The van der Waals surface area contributed by atoms with Crippen LogP contribution in [0.15, 0.2) is 17.1 Å². The third-order valence-corrected chi connectivity index (χ3v) is 6.45. The van der Waals surface area contributed by atoms with Crippen molar-refractivity contribution in [3.63, 3.8) is 0 Å². The van der Waals surface area contributed by atoms with E-state index in [4.69, 9.17) is 19.2 Å². The molecule has 7 heteroatoms. The van der Waals surface area contributed by atoms with E-state index in [1.54, 1.807) is 0 Å². The first-order valence-electron chi connectivity index (χ1n) is 10.5. The number of fused-ring (bicyclic) bond motifs is 2. The zero-order valence-electron chi connectivity index (χ0n) is 16.8. The number of hydrogen-bond donors (Lipinski definition) is 0. The molecule has 0 aromatic carbocycles. The van der Waals surface area contributed by atoms with Crippen LogP contribution in [0.4, 0.5) is 0 Å². The average Bonchev–Trinajstić information content (AvgIpc) is 3.04. The summed E-state index contributed by atoms with van der Waals surface area (Å²) >= 11 is 0. The highest BCUT2D eigenvalue weighted by molar-refractivity contribution is 6.04. The molecule has 0 radical (unpaired) electrons. The number of rotatable bonds is 4. The smallest absolute Gasteiger partial charge is 0.341 e. The van der Waals surface area contributed by atoms with Gasteiger partial charge < -0.3 is 19.1 Å². The lowest BCUT2D eigenvalue weighted by Crippen LogP contribution is -2.37. The zero-order chi connectivity index (χ0) is 19.7. The van der Waals surface area contributed by atoms with Crippen molar-refractivity contribution in [2.24, 2.45) is 22.7 Å². The van der Waals surface area contributed by atoms with E-state index in [2.05, 4.69) is 12.2 Å². The van der Waals surface area contributed by atoms with E-state index < -0.39 is 5.54 Å². The lowest BCUT2D eigenvalue weighted by Gasteiger charge is -2.24. The first-order valence-corrected chi connectivity index (χ1v) is 10.5. The number of nitrogens with zero attached hydrogens (tertiary/aromatic N) is 2. The van der Waals surface area contributed by atoms with Crippen LogP contribution in [0.2, 0.25) is 0 Å². The molecular formula is C21H30N2O5. The number of amides is 1. The molecule has 0 aromatic rings. The van der Waals surface area contributed by atoms with Crippen molar-refractivity contribution in [2.75, 3.05) is 27.0 Å². The van der Waals surface area contributed by atoms with Crippen molar-refractivity contribution in [1.29, 1.82) is 0 Å². The zero-order valence-corrected chi connectivity index (χ0v) is 16.8. The molecule has 0 saturated heterocycles. The summed E-state index contributed by atoms with van der Waals surface area (Å²) in [6, 6.07) is 0. The normalized spacial score (nSPS) is 38.9. The maximum Gasteiger partial charge on any atom is 0.341 e. The molecule has 2 aliphatic carbocycles. The van der Waals surface area contributed by atoms with Gasteiger partial charge in [-0.2, -0.15) is 0 Å². The van der Waals surface area contributed by atoms with Gasteiger partial charge in [0.1, 0.15) is 6.79 Å². The Kier molecular flexibility index (Phi) is 5.56. The van der Waals surface area contributed by atoms with Gasteiger partial charge in [0.2, 0.25) is 5.91 Å². The summed E-state index contributed by atoms with van der Waals surface area (Å²) in [7, 11) is 1.86. The highest BCUT2D eigenvalue weighted by Crippen LogP contribution is 2.53. The Labute approximate surface area is 166 Å². The van der Waals surface area contributed by atoms with Crippen LogP contribution in [-0.2, 0) is 23.8 Å². The summed E-state index contributed by atoms with van der Waals surface area (Å²) in [5.74, 6) is -0.0830. The lowest BCUT2D eigenvalue weighted by molar-refractivity contribution is -0.138. The first kappa shape index (κ1) is 19.6. The molecule has 1 spiro atoms. The Hall–Kier alpha value is -1.73. The van der Waals surface area contributed by atoms with E-state index in [1.807, 2.05) is 18.9 Å². The van der Waals surface area contributed by atoms with Crippen LogP contribution < -0.4 is 0 Å².